The molecule has 1 aliphatic carbocycles. The highest BCUT2D eigenvalue weighted by atomic mass is 35.5. The fraction of sp³-hybridized carbons (Fsp3) is 0.296. The molecule has 4 aromatic rings. The van der Waals surface area contributed by atoms with Gasteiger partial charge in [0.1, 0.15) is 5.75 Å². The lowest BCUT2D eigenvalue weighted by molar-refractivity contribution is 0.0968. The van der Waals surface area contributed by atoms with Gasteiger partial charge in [-0.3, -0.25) is 14.5 Å². The molecule has 0 radical (unpaired) electrons. The van der Waals surface area contributed by atoms with Gasteiger partial charge >= 0.3 is 0 Å². The number of hydrogen-bond donors (Lipinski definition) is 3. The number of nitrogens with one attached hydrogen (secondary N) is 2. The first kappa shape index (κ1) is 22.1. The summed E-state index contributed by atoms with van der Waals surface area (Å²) in [6.45, 7) is 1.98. The Bertz CT molecular complexity index is 1420. The number of Topliss-reactive ketones (excluding diaryl/α,β-unsaturated/α-hetero) is 1. The van der Waals surface area contributed by atoms with Crippen LogP contribution in [0.15, 0.2) is 55.0 Å². The second-order valence-electron chi connectivity index (χ2n) is 9.40. The zero-order chi connectivity index (χ0) is 23.9. The molecule has 3 heterocycles. The molecule has 0 amide bonds. The molecule has 0 bridgehead atoms. The Balaban J connectivity index is 1.43. The van der Waals surface area contributed by atoms with Gasteiger partial charge in [0.15, 0.2) is 5.78 Å². The Morgan fingerprint density at radius 2 is 1.83 bits per heavy atom. The van der Waals surface area contributed by atoms with E-state index in [1.54, 1.807) is 18.3 Å². The van der Waals surface area contributed by atoms with Crippen LogP contribution in [0.5, 0.6) is 5.75 Å². The van der Waals surface area contributed by atoms with Crippen LogP contribution >= 0.6 is 11.6 Å². The van der Waals surface area contributed by atoms with E-state index in [0.717, 1.165) is 72.2 Å². The van der Waals surface area contributed by atoms with Crippen molar-refractivity contribution in [3.63, 3.8) is 0 Å². The van der Waals surface area contributed by atoms with Crippen LogP contribution in [-0.2, 0) is 0 Å². The summed E-state index contributed by atoms with van der Waals surface area (Å²) in [5, 5.41) is 22.5. The van der Waals surface area contributed by atoms with Crippen molar-refractivity contribution in [1.29, 1.82) is 0 Å². The van der Waals surface area contributed by atoms with Gasteiger partial charge in [0, 0.05) is 23.7 Å². The number of rotatable bonds is 6. The molecule has 1 aliphatic heterocycles. The molecule has 2 fully saturated rings. The quantitative estimate of drug-likeness (QED) is 0.301. The van der Waals surface area contributed by atoms with Gasteiger partial charge < -0.3 is 15.7 Å². The van der Waals surface area contributed by atoms with Crippen LogP contribution < -0.4 is 10.6 Å². The van der Waals surface area contributed by atoms with E-state index in [4.69, 9.17) is 11.6 Å². The molecule has 0 spiro atoms. The first-order chi connectivity index (χ1) is 17.1. The molecule has 2 aromatic heterocycles. The van der Waals surface area contributed by atoms with Gasteiger partial charge in [0.05, 0.1) is 39.7 Å². The molecular weight excluding hydrogens is 462 g/mol. The summed E-state index contributed by atoms with van der Waals surface area (Å²) in [6.07, 6.45) is 9.48. The highest BCUT2D eigenvalue weighted by Gasteiger charge is 2.32. The summed E-state index contributed by atoms with van der Waals surface area (Å²) >= 11 is 6.16. The topological polar surface area (TPSA) is 92.1 Å². The monoisotopic (exact) mass is 487 g/mol. The summed E-state index contributed by atoms with van der Waals surface area (Å²) in [5.74, 6) is 0.250. The number of benzene rings is 2. The Morgan fingerprint density at radius 3 is 2.60 bits per heavy atom. The average molecular weight is 488 g/mol. The van der Waals surface area contributed by atoms with Crippen molar-refractivity contribution in [2.45, 2.75) is 31.7 Å². The molecule has 6 rings (SSSR count). The smallest absolute Gasteiger partial charge is 0.169 e. The molecule has 1 saturated heterocycles. The van der Waals surface area contributed by atoms with Crippen LogP contribution in [0.2, 0.25) is 5.02 Å². The summed E-state index contributed by atoms with van der Waals surface area (Å²) in [7, 11) is 0. The Morgan fingerprint density at radius 1 is 1.06 bits per heavy atom. The van der Waals surface area contributed by atoms with Crippen LogP contribution in [0.3, 0.4) is 0 Å². The maximum Gasteiger partial charge on any atom is 0.169 e. The molecule has 35 heavy (non-hydrogen) atoms. The zero-order valence-electron chi connectivity index (χ0n) is 19.2. The van der Waals surface area contributed by atoms with Crippen molar-refractivity contribution in [2.24, 2.45) is 5.92 Å². The highest BCUT2D eigenvalue weighted by molar-refractivity contribution is 6.32. The molecule has 7 nitrogen and oxygen atoms in total. The third-order valence-corrected chi connectivity index (χ3v) is 7.22. The number of carbonyl (C=O) groups is 1. The minimum atomic E-state index is 0.0447. The number of halogens is 1. The van der Waals surface area contributed by atoms with E-state index in [2.05, 4.69) is 20.7 Å². The van der Waals surface area contributed by atoms with Crippen molar-refractivity contribution in [3.05, 3.63) is 65.6 Å². The summed E-state index contributed by atoms with van der Waals surface area (Å²) < 4.78 is 2.03. The Labute approximate surface area is 208 Å². The predicted octanol–water partition coefficient (Wildman–Crippen LogP) is 5.72. The molecule has 2 aromatic carbocycles. The summed E-state index contributed by atoms with van der Waals surface area (Å²) in [6, 6.07) is 11.5. The molecule has 0 unspecified atom stereocenters. The van der Waals surface area contributed by atoms with Gasteiger partial charge in [-0.2, -0.15) is 5.10 Å². The first-order valence-electron chi connectivity index (χ1n) is 12.0. The van der Waals surface area contributed by atoms with Gasteiger partial charge in [0.25, 0.3) is 0 Å². The standard InChI is InChI=1S/C27H26ClN5O2/c28-23-12-18(4-6-25(23)34)17-3-5-24-21(11-17)26(22(14-30-24)27(35)16-1-2-16)32-19-13-31-33(15-19)20-7-9-29-10-8-20/h3-6,11-16,20,29,34H,1-2,7-10H2,(H,30,32). The van der Waals surface area contributed by atoms with Crippen molar-refractivity contribution in [1.82, 2.24) is 20.1 Å². The van der Waals surface area contributed by atoms with Crippen molar-refractivity contribution in [3.8, 4) is 16.9 Å². The van der Waals surface area contributed by atoms with E-state index in [-0.39, 0.29) is 17.5 Å². The summed E-state index contributed by atoms with van der Waals surface area (Å²) in [4.78, 5) is 17.8. The number of nitrogens with zero attached hydrogens (tertiary/aromatic N) is 3. The van der Waals surface area contributed by atoms with Crippen molar-refractivity contribution in [2.75, 3.05) is 18.4 Å². The maximum atomic E-state index is 13.2. The normalized spacial score (nSPS) is 16.5. The molecule has 1 saturated carbocycles. The van der Waals surface area contributed by atoms with Crippen LogP contribution in [0.4, 0.5) is 11.4 Å². The van der Waals surface area contributed by atoms with Crippen LogP contribution in [-0.4, -0.2) is 38.7 Å². The number of fused-ring (bicyclic) bond motifs is 1. The van der Waals surface area contributed by atoms with E-state index in [1.807, 2.05) is 41.3 Å². The number of phenolic OH excluding ortho intramolecular Hbond substituents is 1. The van der Waals surface area contributed by atoms with Crippen molar-refractivity contribution >= 4 is 39.7 Å². The van der Waals surface area contributed by atoms with Gasteiger partial charge in [0.2, 0.25) is 0 Å². The molecule has 2 aliphatic rings. The maximum absolute atomic E-state index is 13.2. The number of aromatic nitrogens is 3. The second-order valence-corrected chi connectivity index (χ2v) is 9.81. The fourth-order valence-corrected chi connectivity index (χ4v) is 4.94. The van der Waals surface area contributed by atoms with E-state index in [9.17, 15) is 9.90 Å². The van der Waals surface area contributed by atoms with Crippen molar-refractivity contribution < 1.29 is 9.90 Å². The lowest BCUT2D eigenvalue weighted by atomic mass is 9.99. The summed E-state index contributed by atoms with van der Waals surface area (Å²) in [5.41, 5.74) is 4.79. The fourth-order valence-electron chi connectivity index (χ4n) is 4.76. The number of ketones is 1. The van der Waals surface area contributed by atoms with Crippen LogP contribution in [0.1, 0.15) is 42.1 Å². The SMILES string of the molecule is O=C(c1cnc2ccc(-c3ccc(O)c(Cl)c3)cc2c1Nc1cnn(C2CCNCC2)c1)C1CC1. The van der Waals surface area contributed by atoms with E-state index >= 15 is 0 Å². The number of piperidine rings is 1. The zero-order valence-corrected chi connectivity index (χ0v) is 19.9. The van der Waals surface area contributed by atoms with E-state index in [1.165, 1.54) is 0 Å². The number of aromatic hydroxyl groups is 1. The molecule has 178 valence electrons. The van der Waals surface area contributed by atoms with Gasteiger partial charge in [-0.15, -0.1) is 0 Å². The Kier molecular flexibility index (Phi) is 5.66. The van der Waals surface area contributed by atoms with Gasteiger partial charge in [-0.25, -0.2) is 0 Å². The number of pyridine rings is 1. The Hall–Kier alpha value is -3.42. The van der Waals surface area contributed by atoms with Gasteiger partial charge in [-0.05, 0) is 74.2 Å². The average Bonchev–Trinajstić information content (AvgIpc) is 3.64. The number of anilines is 2. The lowest BCUT2D eigenvalue weighted by Crippen LogP contribution is -2.29. The third-order valence-electron chi connectivity index (χ3n) is 6.92. The largest absolute Gasteiger partial charge is 0.506 e. The highest BCUT2D eigenvalue weighted by Crippen LogP contribution is 2.39. The van der Waals surface area contributed by atoms with Crippen LogP contribution in [0, 0.1) is 5.92 Å². The van der Waals surface area contributed by atoms with E-state index in [0.29, 0.717) is 16.6 Å². The number of phenols is 1. The molecular formula is C27H26ClN5O2. The van der Waals surface area contributed by atoms with Gasteiger partial charge in [-0.1, -0.05) is 23.7 Å². The first-order valence-corrected chi connectivity index (χ1v) is 12.4. The lowest BCUT2D eigenvalue weighted by Gasteiger charge is -2.22. The molecule has 0 atom stereocenters. The van der Waals surface area contributed by atoms with E-state index < -0.39 is 0 Å². The predicted molar refractivity (Wildman–Crippen MR) is 138 cm³/mol. The molecule has 8 heteroatoms. The molecule has 3 N–H and O–H groups in total. The number of hydrogen-bond acceptors (Lipinski definition) is 6. The minimum absolute atomic E-state index is 0.0447. The number of carbonyl (C=O) groups excluding carboxylic acids is 1. The second kappa shape index (κ2) is 8.98. The minimum Gasteiger partial charge on any atom is -0.506 e. The van der Waals surface area contributed by atoms with Crippen LogP contribution in [0.25, 0.3) is 22.0 Å². The third kappa shape index (κ3) is 4.37.